The molecule has 0 N–H and O–H groups in total. The Morgan fingerprint density at radius 1 is 1.29 bits per heavy atom. The highest BCUT2D eigenvalue weighted by Crippen LogP contribution is 2.19. The van der Waals surface area contributed by atoms with Crippen LogP contribution in [0.4, 0.5) is 4.79 Å². The van der Waals surface area contributed by atoms with Gasteiger partial charge in [-0.05, 0) is 0 Å². The van der Waals surface area contributed by atoms with Crippen molar-refractivity contribution in [2.75, 3.05) is 12.3 Å². The highest BCUT2D eigenvalue weighted by molar-refractivity contribution is 8.14. The summed E-state index contributed by atoms with van der Waals surface area (Å²) in [6.45, 7) is 0.481. The van der Waals surface area contributed by atoms with E-state index in [-0.39, 0.29) is 0 Å². The molecule has 5 nitrogen and oxygen atoms in total. The van der Waals surface area contributed by atoms with Gasteiger partial charge in [-0.25, -0.2) is 0 Å². The molecule has 1 aromatic rings. The number of rotatable bonds is 1. The maximum absolute atomic E-state index is 11.6. The van der Waals surface area contributed by atoms with Gasteiger partial charge in [-0.3, -0.25) is 0 Å². The van der Waals surface area contributed by atoms with Gasteiger partial charge in [0.25, 0.3) is 0 Å². The third-order valence-electron chi connectivity index (χ3n) is 2.20. The Balaban J connectivity index is 2.44. The fourth-order valence-electron chi connectivity index (χ4n) is 1.53. The number of hydrogen-bond donors (Lipinski definition) is 0. The minimum absolute atomic E-state index is 0.481. The number of amides is 2. The molecule has 0 radical (unpaired) electrons. The molecule has 0 aromatic heterocycles. The average molecular weight is 269 g/mol. The van der Waals surface area contributed by atoms with E-state index >= 15 is 0 Å². The first-order chi connectivity index (χ1) is 8.18. The monoisotopic (exact) mass is 269 g/mol. The molecule has 1 heterocycles. The van der Waals surface area contributed by atoms with E-state index in [1.165, 1.54) is 16.3 Å². The maximum Gasteiger partial charge on any atom is 0.558 e. The molecule has 0 fully saturated rings. The second-order valence-electron chi connectivity index (χ2n) is 3.26. The van der Waals surface area contributed by atoms with Crippen LogP contribution in [0.5, 0.6) is 0 Å². The molecule has 2 amide bonds. The molecule has 7 heteroatoms. The second kappa shape index (κ2) is 5.24. The van der Waals surface area contributed by atoms with Crippen molar-refractivity contribution in [1.82, 2.24) is 0 Å². The van der Waals surface area contributed by atoms with E-state index in [9.17, 15) is 13.2 Å². The summed E-state index contributed by atoms with van der Waals surface area (Å²) < 4.78 is 25.1. The zero-order valence-electron chi connectivity index (χ0n) is 8.74. The summed E-state index contributed by atoms with van der Waals surface area (Å²) >= 11 is 1.52. The Hall–Kier alpha value is -1.47. The molecule has 88 valence electrons. The average Bonchev–Trinajstić information content (AvgIpc) is 2.78. The highest BCUT2D eigenvalue weighted by atomic mass is 32.2. The fraction of sp³-hybridized carbons (Fsp3) is 0.200. The molecule has 0 bridgehead atoms. The van der Waals surface area contributed by atoms with Crippen LogP contribution in [0.25, 0.3) is 0 Å². The van der Waals surface area contributed by atoms with Crippen molar-refractivity contribution in [3.8, 4) is 0 Å². The predicted octanol–water partition coefficient (Wildman–Crippen LogP) is 1.38. The van der Waals surface area contributed by atoms with Gasteiger partial charge in [0.2, 0.25) is 0 Å². The summed E-state index contributed by atoms with van der Waals surface area (Å²) in [4.78, 5) is 11.6. The van der Waals surface area contributed by atoms with Crippen LogP contribution in [0, 0.1) is 0 Å². The van der Waals surface area contributed by atoms with E-state index in [1.54, 1.807) is 0 Å². The first-order valence-corrected chi connectivity index (χ1v) is 6.88. The topological polar surface area (TPSA) is 66.6 Å². The standard InChI is InChI=1S/C10H9N2O3S2/c13-10(11-17(14)15)12-6-7-16-9(12)8-4-2-1-3-5-8/h1-5H,6-7H2/q+1. The van der Waals surface area contributed by atoms with Gasteiger partial charge < -0.3 is 0 Å². The van der Waals surface area contributed by atoms with Crippen molar-refractivity contribution < 1.29 is 17.8 Å². The molecule has 1 aliphatic heterocycles. The summed E-state index contributed by atoms with van der Waals surface area (Å²) in [6, 6.07) is 8.64. The Bertz CT molecular complexity index is 598. The Kier molecular flexibility index (Phi) is 3.70. The van der Waals surface area contributed by atoms with Gasteiger partial charge in [-0.15, -0.1) is 8.42 Å². The van der Waals surface area contributed by atoms with Gasteiger partial charge in [0.1, 0.15) is 10.9 Å². The summed E-state index contributed by atoms with van der Waals surface area (Å²) in [6.07, 6.45) is 0. The van der Waals surface area contributed by atoms with Crippen molar-refractivity contribution >= 4 is 33.3 Å². The smallest absolute Gasteiger partial charge is 0.192 e. The van der Waals surface area contributed by atoms with Crippen molar-refractivity contribution in [1.29, 1.82) is 0 Å². The Morgan fingerprint density at radius 2 is 2.00 bits per heavy atom. The molecule has 1 aromatic carbocycles. The van der Waals surface area contributed by atoms with Crippen LogP contribution in [0.3, 0.4) is 0 Å². The van der Waals surface area contributed by atoms with E-state index in [2.05, 4.69) is 4.36 Å². The zero-order chi connectivity index (χ0) is 12.3. The van der Waals surface area contributed by atoms with Crippen LogP contribution in [-0.2, 0) is 10.5 Å². The third-order valence-corrected chi connectivity index (χ3v) is 3.62. The second-order valence-corrected chi connectivity index (χ2v) is 4.96. The van der Waals surface area contributed by atoms with Crippen molar-refractivity contribution in [3.05, 3.63) is 35.9 Å². The number of urea groups is 1. The summed E-state index contributed by atoms with van der Waals surface area (Å²) in [7, 11) is -2.70. The molecule has 0 atom stereocenters. The summed E-state index contributed by atoms with van der Waals surface area (Å²) in [5, 5.41) is 0.754. The number of hydrogen-bond acceptors (Lipinski definition) is 4. The van der Waals surface area contributed by atoms with Gasteiger partial charge in [0.15, 0.2) is 5.04 Å². The molecular formula is C10H9N2O3S2+. The normalized spacial score (nSPS) is 14.8. The van der Waals surface area contributed by atoms with E-state index in [1.807, 2.05) is 30.3 Å². The lowest BCUT2D eigenvalue weighted by molar-refractivity contribution is -0.413. The van der Waals surface area contributed by atoms with Gasteiger partial charge in [0, 0.05) is 11.3 Å². The van der Waals surface area contributed by atoms with E-state index in [0.717, 1.165) is 16.4 Å². The minimum Gasteiger partial charge on any atom is -0.192 e. The van der Waals surface area contributed by atoms with Gasteiger partial charge >= 0.3 is 16.5 Å². The number of thioether (sulfide) groups is 1. The van der Waals surface area contributed by atoms with Crippen molar-refractivity contribution in [2.24, 2.45) is 4.36 Å². The SMILES string of the molecule is O=C(N=S(=O)=O)[N+]1=C(c2ccccc2)SCC1. The summed E-state index contributed by atoms with van der Waals surface area (Å²) in [5.41, 5.74) is 0.898. The molecule has 1 aliphatic rings. The minimum atomic E-state index is -2.70. The number of carbonyl (C=O) groups is 1. The van der Waals surface area contributed by atoms with E-state index in [0.29, 0.717) is 6.54 Å². The van der Waals surface area contributed by atoms with Gasteiger partial charge in [0.05, 0.1) is 0 Å². The molecule has 0 unspecified atom stereocenters. The van der Waals surface area contributed by atoms with Crippen LogP contribution < -0.4 is 0 Å². The van der Waals surface area contributed by atoms with Crippen molar-refractivity contribution in [2.45, 2.75) is 0 Å². The van der Waals surface area contributed by atoms with Crippen LogP contribution in [-0.4, -0.2) is 36.4 Å². The summed E-state index contributed by atoms with van der Waals surface area (Å²) in [5.74, 6) is 0.747. The number of carbonyl (C=O) groups excluding carboxylic acids is 1. The van der Waals surface area contributed by atoms with Crippen LogP contribution in [0.2, 0.25) is 0 Å². The fourth-order valence-corrected chi connectivity index (χ4v) is 2.85. The number of benzene rings is 1. The lowest BCUT2D eigenvalue weighted by atomic mass is 10.2. The quantitative estimate of drug-likeness (QED) is 0.722. The van der Waals surface area contributed by atoms with Crippen LogP contribution >= 0.6 is 11.8 Å². The largest absolute Gasteiger partial charge is 0.558 e. The molecule has 0 saturated carbocycles. The highest BCUT2D eigenvalue weighted by Gasteiger charge is 2.28. The molecule has 0 aliphatic carbocycles. The third kappa shape index (κ3) is 2.80. The first kappa shape index (κ1) is 12.0. The van der Waals surface area contributed by atoms with Gasteiger partial charge in [-0.1, -0.05) is 42.1 Å². The van der Waals surface area contributed by atoms with Crippen LogP contribution in [0.1, 0.15) is 5.56 Å². The lowest BCUT2D eigenvalue weighted by Crippen LogP contribution is -2.20. The first-order valence-electron chi connectivity index (χ1n) is 4.86. The molecular weight excluding hydrogens is 260 g/mol. The maximum atomic E-state index is 11.6. The zero-order valence-corrected chi connectivity index (χ0v) is 10.4. The van der Waals surface area contributed by atoms with Crippen LogP contribution in [0.15, 0.2) is 34.7 Å². The molecule has 17 heavy (non-hydrogen) atoms. The Labute approximate surface area is 104 Å². The lowest BCUT2D eigenvalue weighted by Gasteiger charge is -1.98. The molecule has 0 saturated heterocycles. The van der Waals surface area contributed by atoms with Crippen molar-refractivity contribution in [3.63, 3.8) is 0 Å². The molecule has 2 rings (SSSR count). The van der Waals surface area contributed by atoms with E-state index < -0.39 is 16.5 Å². The predicted molar refractivity (Wildman–Crippen MR) is 64.9 cm³/mol. The number of nitrogens with zero attached hydrogens (tertiary/aromatic N) is 2. The molecule has 0 spiro atoms. The van der Waals surface area contributed by atoms with E-state index in [4.69, 9.17) is 0 Å². The Morgan fingerprint density at radius 3 is 2.65 bits per heavy atom. The van der Waals surface area contributed by atoms with Gasteiger partial charge in [-0.2, -0.15) is 9.37 Å².